The molecule has 1 aliphatic rings. The molecule has 7 nitrogen and oxygen atoms in total. The van der Waals surface area contributed by atoms with E-state index in [1.165, 1.54) is 0 Å². The molecule has 4 rings (SSSR count). The van der Waals surface area contributed by atoms with Crippen molar-refractivity contribution in [3.63, 3.8) is 0 Å². The molecule has 0 unspecified atom stereocenters. The standard InChI is InChI=1S/C21H26N4O3/c1-14-10-16(27-3)4-5-17(14)23-20-11-18-19(12-22-20)24(2)21(26)25(18)13-15-6-8-28-9-7-15/h4-5,10-12,15H,6-9,13H2,1-3H3,(H,22,23). The molecule has 0 atom stereocenters. The second-order valence-corrected chi connectivity index (χ2v) is 7.37. The molecule has 1 aliphatic heterocycles. The Morgan fingerprint density at radius 3 is 2.75 bits per heavy atom. The molecule has 0 radical (unpaired) electrons. The minimum atomic E-state index is 0.000991. The van der Waals surface area contributed by atoms with Gasteiger partial charge in [0.25, 0.3) is 0 Å². The summed E-state index contributed by atoms with van der Waals surface area (Å²) in [5.74, 6) is 2.00. The highest BCUT2D eigenvalue weighted by Crippen LogP contribution is 2.26. The van der Waals surface area contributed by atoms with Crippen molar-refractivity contribution in [3.8, 4) is 5.75 Å². The summed E-state index contributed by atoms with van der Waals surface area (Å²) in [5, 5.41) is 3.36. The first-order valence-electron chi connectivity index (χ1n) is 9.61. The van der Waals surface area contributed by atoms with Gasteiger partial charge in [-0.25, -0.2) is 9.78 Å². The number of hydrogen-bond acceptors (Lipinski definition) is 5. The second-order valence-electron chi connectivity index (χ2n) is 7.37. The lowest BCUT2D eigenvalue weighted by Crippen LogP contribution is -2.28. The van der Waals surface area contributed by atoms with Gasteiger partial charge in [-0.3, -0.25) is 9.13 Å². The normalized spacial score (nSPS) is 15.1. The fraction of sp³-hybridized carbons (Fsp3) is 0.429. The van der Waals surface area contributed by atoms with E-state index in [0.717, 1.165) is 54.1 Å². The van der Waals surface area contributed by atoms with Gasteiger partial charge >= 0.3 is 5.69 Å². The lowest BCUT2D eigenvalue weighted by Gasteiger charge is -2.22. The van der Waals surface area contributed by atoms with Crippen LogP contribution in [0.15, 0.2) is 35.3 Å². The quantitative estimate of drug-likeness (QED) is 0.734. The summed E-state index contributed by atoms with van der Waals surface area (Å²) in [6.45, 7) is 4.28. The van der Waals surface area contributed by atoms with Crippen LogP contribution in [0.3, 0.4) is 0 Å². The molecule has 2 aromatic heterocycles. The Bertz CT molecular complexity index is 1050. The average Bonchev–Trinajstić information content (AvgIpc) is 2.95. The Balaban J connectivity index is 1.67. The topological polar surface area (TPSA) is 70.3 Å². The number of nitrogens with one attached hydrogen (secondary N) is 1. The Morgan fingerprint density at radius 1 is 1.25 bits per heavy atom. The molecule has 28 heavy (non-hydrogen) atoms. The molecule has 1 aromatic carbocycles. The van der Waals surface area contributed by atoms with E-state index < -0.39 is 0 Å². The summed E-state index contributed by atoms with van der Waals surface area (Å²) in [4.78, 5) is 17.3. The van der Waals surface area contributed by atoms with Crippen molar-refractivity contribution in [2.75, 3.05) is 25.6 Å². The summed E-state index contributed by atoms with van der Waals surface area (Å²) >= 11 is 0. The molecular formula is C21H26N4O3. The number of hydrogen-bond donors (Lipinski definition) is 1. The van der Waals surface area contributed by atoms with Gasteiger partial charge in [0.15, 0.2) is 0 Å². The monoisotopic (exact) mass is 382 g/mol. The zero-order valence-electron chi connectivity index (χ0n) is 16.6. The lowest BCUT2D eigenvalue weighted by molar-refractivity contribution is 0.0613. The van der Waals surface area contributed by atoms with Crippen LogP contribution in [0.1, 0.15) is 18.4 Å². The number of anilines is 2. The second kappa shape index (κ2) is 7.67. The van der Waals surface area contributed by atoms with Crippen molar-refractivity contribution < 1.29 is 9.47 Å². The van der Waals surface area contributed by atoms with E-state index in [9.17, 15) is 4.79 Å². The first kappa shape index (κ1) is 18.6. The minimum Gasteiger partial charge on any atom is -0.497 e. The van der Waals surface area contributed by atoms with Crippen LogP contribution in [0, 0.1) is 12.8 Å². The zero-order chi connectivity index (χ0) is 19.7. The highest BCUT2D eigenvalue weighted by atomic mass is 16.5. The molecule has 1 fully saturated rings. The maximum atomic E-state index is 12.8. The van der Waals surface area contributed by atoms with Gasteiger partial charge in [-0.2, -0.15) is 0 Å². The van der Waals surface area contributed by atoms with E-state index in [1.54, 1.807) is 24.9 Å². The van der Waals surface area contributed by atoms with Crippen LogP contribution >= 0.6 is 0 Å². The minimum absolute atomic E-state index is 0.000991. The molecule has 0 amide bonds. The molecule has 0 spiro atoms. The van der Waals surface area contributed by atoms with Crippen LogP contribution in [0.2, 0.25) is 0 Å². The van der Waals surface area contributed by atoms with Crippen molar-refractivity contribution in [1.29, 1.82) is 0 Å². The predicted octanol–water partition coefficient (Wildman–Crippen LogP) is 3.22. The number of fused-ring (bicyclic) bond motifs is 1. The third-order valence-electron chi connectivity index (χ3n) is 5.51. The molecule has 1 saturated heterocycles. The fourth-order valence-electron chi connectivity index (χ4n) is 3.77. The van der Waals surface area contributed by atoms with Gasteiger partial charge in [-0.05, 0) is 49.4 Å². The summed E-state index contributed by atoms with van der Waals surface area (Å²) < 4.78 is 14.3. The highest BCUT2D eigenvalue weighted by Gasteiger charge is 2.19. The number of methoxy groups -OCH3 is 1. The Kier molecular flexibility index (Phi) is 5.09. The first-order valence-corrected chi connectivity index (χ1v) is 9.61. The molecular weight excluding hydrogens is 356 g/mol. The van der Waals surface area contributed by atoms with Crippen molar-refractivity contribution in [2.24, 2.45) is 13.0 Å². The van der Waals surface area contributed by atoms with Gasteiger partial charge in [0.1, 0.15) is 11.6 Å². The van der Waals surface area contributed by atoms with E-state index in [1.807, 2.05) is 35.8 Å². The molecule has 7 heteroatoms. The first-order chi connectivity index (χ1) is 13.6. The fourth-order valence-corrected chi connectivity index (χ4v) is 3.77. The van der Waals surface area contributed by atoms with Gasteiger partial charge in [0.2, 0.25) is 0 Å². The van der Waals surface area contributed by atoms with Gasteiger partial charge in [0.05, 0.1) is 24.3 Å². The van der Waals surface area contributed by atoms with Crippen LogP contribution in [-0.2, 0) is 18.3 Å². The van der Waals surface area contributed by atoms with Crippen molar-refractivity contribution >= 4 is 22.5 Å². The van der Waals surface area contributed by atoms with Crippen LogP contribution in [0.4, 0.5) is 11.5 Å². The summed E-state index contributed by atoms with van der Waals surface area (Å²) in [6.07, 6.45) is 3.74. The van der Waals surface area contributed by atoms with Crippen molar-refractivity contribution in [1.82, 2.24) is 14.1 Å². The van der Waals surface area contributed by atoms with Gasteiger partial charge in [0, 0.05) is 38.6 Å². The highest BCUT2D eigenvalue weighted by molar-refractivity contribution is 5.79. The van der Waals surface area contributed by atoms with Gasteiger partial charge < -0.3 is 14.8 Å². The number of pyridine rings is 1. The molecule has 0 aliphatic carbocycles. The Hall–Kier alpha value is -2.80. The number of aromatic nitrogens is 3. The zero-order valence-corrected chi connectivity index (χ0v) is 16.6. The van der Waals surface area contributed by atoms with Gasteiger partial charge in [-0.15, -0.1) is 0 Å². The van der Waals surface area contributed by atoms with E-state index in [4.69, 9.17) is 9.47 Å². The van der Waals surface area contributed by atoms with Crippen LogP contribution in [-0.4, -0.2) is 34.4 Å². The number of nitrogens with zero attached hydrogens (tertiary/aromatic N) is 3. The van der Waals surface area contributed by atoms with Crippen LogP contribution in [0.5, 0.6) is 5.75 Å². The number of imidazole rings is 1. The summed E-state index contributed by atoms with van der Waals surface area (Å²) in [7, 11) is 3.46. The number of rotatable bonds is 5. The van der Waals surface area contributed by atoms with Gasteiger partial charge in [-0.1, -0.05) is 0 Å². The molecule has 0 saturated carbocycles. The molecule has 3 aromatic rings. The Morgan fingerprint density at radius 2 is 2.04 bits per heavy atom. The molecule has 148 valence electrons. The predicted molar refractivity (Wildman–Crippen MR) is 110 cm³/mol. The smallest absolute Gasteiger partial charge is 0.328 e. The SMILES string of the molecule is COc1ccc(Nc2cc3c(cn2)n(C)c(=O)n3CC2CCOCC2)c(C)c1. The maximum absolute atomic E-state index is 12.8. The van der Waals surface area contributed by atoms with Crippen molar-refractivity contribution in [3.05, 3.63) is 46.5 Å². The van der Waals surface area contributed by atoms with E-state index in [2.05, 4.69) is 10.3 Å². The van der Waals surface area contributed by atoms with E-state index in [0.29, 0.717) is 18.3 Å². The van der Waals surface area contributed by atoms with E-state index in [-0.39, 0.29) is 5.69 Å². The molecule has 1 N–H and O–H groups in total. The third-order valence-corrected chi connectivity index (χ3v) is 5.51. The third kappa shape index (κ3) is 3.49. The molecule has 3 heterocycles. The average molecular weight is 382 g/mol. The summed E-state index contributed by atoms with van der Waals surface area (Å²) in [5.41, 5.74) is 3.77. The van der Waals surface area contributed by atoms with E-state index >= 15 is 0 Å². The van der Waals surface area contributed by atoms with Crippen LogP contribution < -0.4 is 15.7 Å². The number of benzene rings is 1. The number of aryl methyl sites for hydroxylation is 2. The molecule has 0 bridgehead atoms. The lowest BCUT2D eigenvalue weighted by atomic mass is 10.0. The van der Waals surface area contributed by atoms with Crippen molar-refractivity contribution in [2.45, 2.75) is 26.3 Å². The summed E-state index contributed by atoms with van der Waals surface area (Å²) in [6, 6.07) is 7.82. The Labute approximate surface area is 163 Å². The number of ether oxygens (including phenoxy) is 2. The van der Waals surface area contributed by atoms with Crippen LogP contribution in [0.25, 0.3) is 11.0 Å². The largest absolute Gasteiger partial charge is 0.497 e. The maximum Gasteiger partial charge on any atom is 0.328 e.